The maximum Gasteiger partial charge on any atom is 0.120 e. The summed E-state index contributed by atoms with van der Waals surface area (Å²) in [6.45, 7) is 0. The molecule has 0 N–H and O–H groups in total. The Morgan fingerprint density at radius 2 is 1.92 bits per heavy atom. The second kappa shape index (κ2) is 4.09. The standard InChI is InChI=1S/C10H11Br2N/c11-9-5-8(6-13-10(9)12)7-3-1-2-4-7/h5-7H,1-4H2. The molecule has 2 rings (SSSR count). The SMILES string of the molecule is Brc1cc(C2CCCC2)cnc1Br. The Labute approximate surface area is 95.2 Å². The van der Waals surface area contributed by atoms with Crippen LogP contribution in [-0.2, 0) is 0 Å². The molecule has 1 aliphatic carbocycles. The minimum atomic E-state index is 0.747. The van der Waals surface area contributed by atoms with Crippen LogP contribution in [0, 0.1) is 0 Å². The van der Waals surface area contributed by atoms with E-state index in [2.05, 4.69) is 42.9 Å². The van der Waals surface area contributed by atoms with Crippen LogP contribution in [0.15, 0.2) is 21.3 Å². The van der Waals surface area contributed by atoms with Crippen LogP contribution in [0.4, 0.5) is 0 Å². The van der Waals surface area contributed by atoms with Gasteiger partial charge in [0.1, 0.15) is 4.60 Å². The zero-order chi connectivity index (χ0) is 9.26. The smallest absolute Gasteiger partial charge is 0.120 e. The van der Waals surface area contributed by atoms with Gasteiger partial charge in [0.05, 0.1) is 4.47 Å². The van der Waals surface area contributed by atoms with Crippen LogP contribution in [0.25, 0.3) is 0 Å². The third-order valence-corrected chi connectivity index (χ3v) is 4.41. The molecule has 1 aromatic heterocycles. The maximum absolute atomic E-state index is 4.29. The molecule has 0 saturated heterocycles. The summed E-state index contributed by atoms with van der Waals surface area (Å²) in [5.41, 5.74) is 1.38. The van der Waals surface area contributed by atoms with Crippen LogP contribution in [0.3, 0.4) is 0 Å². The quantitative estimate of drug-likeness (QED) is 0.706. The summed E-state index contributed by atoms with van der Waals surface area (Å²) in [5.74, 6) is 0.747. The van der Waals surface area contributed by atoms with Gasteiger partial charge < -0.3 is 0 Å². The first kappa shape index (κ1) is 9.66. The van der Waals surface area contributed by atoms with Crippen molar-refractivity contribution in [2.75, 3.05) is 0 Å². The van der Waals surface area contributed by atoms with E-state index in [4.69, 9.17) is 0 Å². The van der Waals surface area contributed by atoms with E-state index in [0.717, 1.165) is 15.0 Å². The van der Waals surface area contributed by atoms with Crippen molar-refractivity contribution in [3.8, 4) is 0 Å². The van der Waals surface area contributed by atoms with Crippen molar-refractivity contribution in [2.24, 2.45) is 0 Å². The maximum atomic E-state index is 4.29. The molecule has 0 bridgehead atoms. The van der Waals surface area contributed by atoms with Crippen molar-refractivity contribution in [1.82, 2.24) is 4.98 Å². The lowest BCUT2D eigenvalue weighted by Crippen LogP contribution is -1.93. The summed E-state index contributed by atoms with van der Waals surface area (Å²) < 4.78 is 1.96. The molecule has 1 nitrogen and oxygen atoms in total. The fourth-order valence-corrected chi connectivity index (χ4v) is 2.50. The van der Waals surface area contributed by atoms with Crippen LogP contribution in [0.5, 0.6) is 0 Å². The third-order valence-electron chi connectivity index (χ3n) is 2.64. The van der Waals surface area contributed by atoms with Gasteiger partial charge in [-0.05, 0) is 62.2 Å². The van der Waals surface area contributed by atoms with E-state index in [1.807, 2.05) is 6.20 Å². The number of halogens is 2. The minimum Gasteiger partial charge on any atom is -0.248 e. The van der Waals surface area contributed by atoms with Crippen molar-refractivity contribution in [3.05, 3.63) is 26.9 Å². The average molecular weight is 305 g/mol. The summed E-state index contributed by atoms with van der Waals surface area (Å²) in [6, 6.07) is 2.19. The van der Waals surface area contributed by atoms with Crippen LogP contribution >= 0.6 is 31.9 Å². The molecule has 1 fully saturated rings. The average Bonchev–Trinajstić information content (AvgIpc) is 2.62. The molecule has 0 unspecified atom stereocenters. The lowest BCUT2D eigenvalue weighted by Gasteiger charge is -2.09. The Hall–Kier alpha value is 0.110. The molecule has 0 atom stereocenters. The Morgan fingerprint density at radius 1 is 1.23 bits per heavy atom. The molecule has 0 spiro atoms. The van der Waals surface area contributed by atoms with Gasteiger partial charge in [-0.15, -0.1) is 0 Å². The Bertz CT molecular complexity index is 306. The molecule has 0 radical (unpaired) electrons. The molecule has 0 aromatic carbocycles. The summed E-state index contributed by atoms with van der Waals surface area (Å²) in [6.07, 6.45) is 7.40. The van der Waals surface area contributed by atoms with Crippen molar-refractivity contribution >= 4 is 31.9 Å². The highest BCUT2D eigenvalue weighted by atomic mass is 79.9. The number of nitrogens with zero attached hydrogens (tertiary/aromatic N) is 1. The molecule has 0 amide bonds. The number of hydrogen-bond donors (Lipinski definition) is 0. The van der Waals surface area contributed by atoms with E-state index in [-0.39, 0.29) is 0 Å². The van der Waals surface area contributed by atoms with Gasteiger partial charge >= 0.3 is 0 Å². The fraction of sp³-hybridized carbons (Fsp3) is 0.500. The number of rotatable bonds is 1. The third kappa shape index (κ3) is 2.13. The predicted octanol–water partition coefficient (Wildman–Crippen LogP) is 4.26. The van der Waals surface area contributed by atoms with Gasteiger partial charge in [0.2, 0.25) is 0 Å². The monoisotopic (exact) mass is 303 g/mol. The van der Waals surface area contributed by atoms with Crippen molar-refractivity contribution < 1.29 is 0 Å². The molecular formula is C10H11Br2N. The first-order valence-electron chi connectivity index (χ1n) is 4.58. The topological polar surface area (TPSA) is 12.9 Å². The van der Waals surface area contributed by atoms with Gasteiger partial charge in [-0.25, -0.2) is 4.98 Å². The molecule has 1 aromatic rings. The summed E-state index contributed by atoms with van der Waals surface area (Å²) in [7, 11) is 0. The van der Waals surface area contributed by atoms with Gasteiger partial charge in [-0.2, -0.15) is 0 Å². The first-order chi connectivity index (χ1) is 6.27. The molecule has 1 heterocycles. The van der Waals surface area contributed by atoms with Crippen LogP contribution in [0.2, 0.25) is 0 Å². The number of hydrogen-bond acceptors (Lipinski definition) is 1. The summed E-state index contributed by atoms with van der Waals surface area (Å²) >= 11 is 6.86. The summed E-state index contributed by atoms with van der Waals surface area (Å²) in [5, 5.41) is 0. The van der Waals surface area contributed by atoms with Gasteiger partial charge in [0.15, 0.2) is 0 Å². The second-order valence-electron chi connectivity index (χ2n) is 3.52. The van der Waals surface area contributed by atoms with Crippen molar-refractivity contribution in [1.29, 1.82) is 0 Å². The molecule has 3 heteroatoms. The van der Waals surface area contributed by atoms with E-state index in [1.165, 1.54) is 31.2 Å². The fourth-order valence-electron chi connectivity index (χ4n) is 1.92. The van der Waals surface area contributed by atoms with Crippen LogP contribution in [0.1, 0.15) is 37.2 Å². The summed E-state index contributed by atoms with van der Waals surface area (Å²) in [4.78, 5) is 4.29. The Balaban J connectivity index is 2.25. The lowest BCUT2D eigenvalue weighted by atomic mass is 10.00. The molecule has 70 valence electrons. The van der Waals surface area contributed by atoms with Gasteiger partial charge in [-0.3, -0.25) is 0 Å². The molecule has 1 aliphatic rings. The van der Waals surface area contributed by atoms with Crippen LogP contribution in [-0.4, -0.2) is 4.98 Å². The van der Waals surface area contributed by atoms with Gasteiger partial charge in [0.25, 0.3) is 0 Å². The number of aromatic nitrogens is 1. The van der Waals surface area contributed by atoms with E-state index >= 15 is 0 Å². The minimum absolute atomic E-state index is 0.747. The van der Waals surface area contributed by atoms with Crippen LogP contribution < -0.4 is 0 Å². The normalized spacial score (nSPS) is 18.0. The van der Waals surface area contributed by atoms with Crippen molar-refractivity contribution in [2.45, 2.75) is 31.6 Å². The van der Waals surface area contributed by atoms with Gasteiger partial charge in [0, 0.05) is 6.20 Å². The first-order valence-corrected chi connectivity index (χ1v) is 6.17. The zero-order valence-corrected chi connectivity index (χ0v) is 10.4. The molecule has 13 heavy (non-hydrogen) atoms. The Morgan fingerprint density at radius 3 is 2.54 bits per heavy atom. The predicted molar refractivity (Wildman–Crippen MR) is 60.8 cm³/mol. The molecular weight excluding hydrogens is 294 g/mol. The highest BCUT2D eigenvalue weighted by molar-refractivity contribution is 9.13. The molecule has 0 aliphatic heterocycles. The van der Waals surface area contributed by atoms with Gasteiger partial charge in [-0.1, -0.05) is 12.8 Å². The van der Waals surface area contributed by atoms with E-state index in [9.17, 15) is 0 Å². The van der Waals surface area contributed by atoms with E-state index in [0.29, 0.717) is 0 Å². The van der Waals surface area contributed by atoms with E-state index < -0.39 is 0 Å². The second-order valence-corrected chi connectivity index (χ2v) is 5.13. The largest absolute Gasteiger partial charge is 0.248 e. The highest BCUT2D eigenvalue weighted by Crippen LogP contribution is 2.35. The van der Waals surface area contributed by atoms with Crippen molar-refractivity contribution in [3.63, 3.8) is 0 Å². The number of pyridine rings is 1. The zero-order valence-electron chi connectivity index (χ0n) is 7.26. The molecule has 1 saturated carbocycles. The lowest BCUT2D eigenvalue weighted by molar-refractivity contribution is 0.718. The van der Waals surface area contributed by atoms with E-state index in [1.54, 1.807) is 0 Å². The highest BCUT2D eigenvalue weighted by Gasteiger charge is 2.17. The Kier molecular flexibility index (Phi) is 3.04.